The molecule has 2 amide bonds. The molecule has 24 heavy (non-hydrogen) atoms. The maximum absolute atomic E-state index is 12.7. The number of carbonyl (C=O) groups excluding carboxylic acids is 2. The minimum absolute atomic E-state index is 0.0598. The number of ether oxygens (including phenoxy) is 1. The molecule has 5 nitrogen and oxygen atoms in total. The van der Waals surface area contributed by atoms with Crippen LogP contribution in [-0.4, -0.2) is 42.1 Å². The molecule has 0 unspecified atom stereocenters. The van der Waals surface area contributed by atoms with E-state index in [-0.39, 0.29) is 17.9 Å². The molecule has 130 valence electrons. The third kappa shape index (κ3) is 3.12. The van der Waals surface area contributed by atoms with Crippen LogP contribution in [0.5, 0.6) is 0 Å². The van der Waals surface area contributed by atoms with Crippen LogP contribution < -0.4 is 5.32 Å². The molecule has 5 heteroatoms. The van der Waals surface area contributed by atoms with Crippen molar-refractivity contribution in [3.63, 3.8) is 0 Å². The van der Waals surface area contributed by atoms with Crippen LogP contribution in [-0.2, 0) is 9.53 Å². The fourth-order valence-corrected chi connectivity index (χ4v) is 3.88. The van der Waals surface area contributed by atoms with Crippen LogP contribution in [0.25, 0.3) is 0 Å². The van der Waals surface area contributed by atoms with Crippen LogP contribution in [0.2, 0.25) is 0 Å². The lowest BCUT2D eigenvalue weighted by atomic mass is 9.69. The summed E-state index contributed by atoms with van der Waals surface area (Å²) < 4.78 is 5.51. The Balaban J connectivity index is 1.84. The fraction of sp³-hybridized carbons (Fsp3) is 0.579. The van der Waals surface area contributed by atoms with Crippen molar-refractivity contribution in [2.24, 2.45) is 5.41 Å². The van der Waals surface area contributed by atoms with Crippen molar-refractivity contribution in [3.05, 3.63) is 35.9 Å². The number of carbonyl (C=O) groups is 2. The van der Waals surface area contributed by atoms with Gasteiger partial charge in [0.15, 0.2) is 0 Å². The Labute approximate surface area is 143 Å². The van der Waals surface area contributed by atoms with Gasteiger partial charge in [0.05, 0.1) is 5.41 Å². The second kappa shape index (κ2) is 6.11. The number of nitrogens with zero attached hydrogens (tertiary/aromatic N) is 1. The highest BCUT2D eigenvalue weighted by molar-refractivity contribution is 5.87. The minimum atomic E-state index is -0.545. The van der Waals surface area contributed by atoms with E-state index in [0.29, 0.717) is 19.6 Å². The first kappa shape index (κ1) is 16.8. The number of piperidine rings is 1. The van der Waals surface area contributed by atoms with Crippen molar-refractivity contribution in [2.45, 2.75) is 45.1 Å². The molecular formula is C19H26N2O3. The number of hydrogen-bond acceptors (Lipinski definition) is 3. The fourth-order valence-electron chi connectivity index (χ4n) is 3.88. The zero-order valence-electron chi connectivity index (χ0n) is 14.7. The molecule has 0 saturated carbocycles. The average Bonchev–Trinajstić information content (AvgIpc) is 2.83. The first-order valence-electron chi connectivity index (χ1n) is 8.63. The Kier molecular flexibility index (Phi) is 4.28. The van der Waals surface area contributed by atoms with Gasteiger partial charge in [-0.3, -0.25) is 4.79 Å². The van der Waals surface area contributed by atoms with E-state index in [1.54, 1.807) is 4.90 Å². The predicted molar refractivity (Wildman–Crippen MR) is 91.7 cm³/mol. The lowest BCUT2D eigenvalue weighted by molar-refractivity contribution is -0.130. The first-order chi connectivity index (χ1) is 11.3. The monoisotopic (exact) mass is 330 g/mol. The summed E-state index contributed by atoms with van der Waals surface area (Å²) in [6.45, 7) is 7.28. The number of rotatable bonds is 1. The third-order valence-electron chi connectivity index (χ3n) is 4.96. The number of amides is 2. The van der Waals surface area contributed by atoms with E-state index in [1.807, 2.05) is 39.0 Å². The number of benzene rings is 1. The van der Waals surface area contributed by atoms with Crippen molar-refractivity contribution in [2.75, 3.05) is 19.6 Å². The van der Waals surface area contributed by atoms with Crippen LogP contribution in [0.3, 0.4) is 0 Å². The van der Waals surface area contributed by atoms with Gasteiger partial charge >= 0.3 is 6.09 Å². The van der Waals surface area contributed by atoms with Crippen molar-refractivity contribution in [1.82, 2.24) is 10.2 Å². The van der Waals surface area contributed by atoms with E-state index in [1.165, 1.54) is 0 Å². The normalized spacial score (nSPS) is 27.2. The molecule has 1 aromatic rings. The van der Waals surface area contributed by atoms with Crippen molar-refractivity contribution < 1.29 is 14.3 Å². The largest absolute Gasteiger partial charge is 0.444 e. The van der Waals surface area contributed by atoms with Crippen molar-refractivity contribution in [1.29, 1.82) is 0 Å². The summed E-state index contributed by atoms with van der Waals surface area (Å²) in [5.74, 6) is 0.154. The van der Waals surface area contributed by atoms with Crippen LogP contribution in [0.1, 0.15) is 45.1 Å². The summed E-state index contributed by atoms with van der Waals surface area (Å²) in [5, 5.41) is 3.02. The Morgan fingerprint density at radius 3 is 2.67 bits per heavy atom. The van der Waals surface area contributed by atoms with E-state index >= 15 is 0 Å². The van der Waals surface area contributed by atoms with Gasteiger partial charge in [0.25, 0.3) is 0 Å². The summed E-state index contributed by atoms with van der Waals surface area (Å²) in [6.07, 6.45) is 1.29. The lowest BCUT2D eigenvalue weighted by Crippen LogP contribution is -2.52. The standard InChI is InChI=1S/C19H26N2O3/c1-18(2,3)24-17(23)21-11-7-10-19(13-21)15(12-20-16(19)22)14-8-5-4-6-9-14/h4-6,8-9,15H,7,10-13H2,1-3H3,(H,20,22)/t15-,19-/m1/s1. The molecule has 0 aromatic heterocycles. The molecule has 1 aromatic carbocycles. The van der Waals surface area contributed by atoms with Crippen molar-refractivity contribution >= 4 is 12.0 Å². The Bertz CT molecular complexity index is 623. The molecule has 1 N–H and O–H groups in total. The molecule has 0 aliphatic carbocycles. The average molecular weight is 330 g/mol. The summed E-state index contributed by atoms with van der Waals surface area (Å²) in [5.41, 5.74) is 0.0801. The first-order valence-corrected chi connectivity index (χ1v) is 8.63. The highest BCUT2D eigenvalue weighted by atomic mass is 16.6. The van der Waals surface area contributed by atoms with Gasteiger partial charge in [-0.1, -0.05) is 30.3 Å². The van der Waals surface area contributed by atoms with Gasteiger partial charge in [-0.05, 0) is 39.2 Å². The lowest BCUT2D eigenvalue weighted by Gasteiger charge is -2.42. The van der Waals surface area contributed by atoms with Crippen LogP contribution in [0, 0.1) is 5.41 Å². The molecule has 2 fully saturated rings. The van der Waals surface area contributed by atoms with Gasteiger partial charge in [-0.15, -0.1) is 0 Å². The van der Waals surface area contributed by atoms with Gasteiger partial charge in [0.2, 0.25) is 5.91 Å². The Hall–Kier alpha value is -2.04. The summed E-state index contributed by atoms with van der Waals surface area (Å²) in [6, 6.07) is 10.1. The van der Waals surface area contributed by atoms with Gasteiger partial charge in [0.1, 0.15) is 5.60 Å². The van der Waals surface area contributed by atoms with E-state index < -0.39 is 11.0 Å². The van der Waals surface area contributed by atoms with Crippen LogP contribution >= 0.6 is 0 Å². The smallest absolute Gasteiger partial charge is 0.410 e. The van der Waals surface area contributed by atoms with Crippen molar-refractivity contribution in [3.8, 4) is 0 Å². The molecule has 1 spiro atoms. The van der Waals surface area contributed by atoms with Gasteiger partial charge < -0.3 is 15.0 Å². The SMILES string of the molecule is CC(C)(C)OC(=O)N1CCC[C@]2(C1)C(=O)NC[C@@H]2c1ccccc1. The number of likely N-dealkylation sites (tertiary alicyclic amines) is 1. The summed E-state index contributed by atoms with van der Waals surface area (Å²) in [4.78, 5) is 26.9. The molecule has 3 rings (SSSR count). The quantitative estimate of drug-likeness (QED) is 0.861. The topological polar surface area (TPSA) is 58.6 Å². The van der Waals surface area contributed by atoms with E-state index in [4.69, 9.17) is 4.74 Å². The van der Waals surface area contributed by atoms with Crippen LogP contribution in [0.15, 0.2) is 30.3 Å². The molecule has 2 atom stereocenters. The molecule has 2 heterocycles. The van der Waals surface area contributed by atoms with E-state index in [0.717, 1.165) is 18.4 Å². The summed E-state index contributed by atoms with van der Waals surface area (Å²) >= 11 is 0. The maximum atomic E-state index is 12.7. The zero-order valence-corrected chi connectivity index (χ0v) is 14.7. The highest BCUT2D eigenvalue weighted by Crippen LogP contribution is 2.46. The molecular weight excluding hydrogens is 304 g/mol. The number of hydrogen-bond donors (Lipinski definition) is 1. The van der Waals surface area contributed by atoms with Crippen LogP contribution in [0.4, 0.5) is 4.79 Å². The molecule has 0 bridgehead atoms. The Morgan fingerprint density at radius 2 is 2.00 bits per heavy atom. The third-order valence-corrected chi connectivity index (χ3v) is 4.96. The van der Waals surface area contributed by atoms with Gasteiger partial charge in [-0.25, -0.2) is 4.79 Å². The predicted octanol–water partition coefficient (Wildman–Crippen LogP) is 2.92. The van der Waals surface area contributed by atoms with E-state index in [2.05, 4.69) is 17.4 Å². The molecule has 2 saturated heterocycles. The maximum Gasteiger partial charge on any atom is 0.410 e. The van der Waals surface area contributed by atoms with Gasteiger partial charge in [-0.2, -0.15) is 0 Å². The minimum Gasteiger partial charge on any atom is -0.444 e. The summed E-state index contributed by atoms with van der Waals surface area (Å²) in [7, 11) is 0. The molecule has 2 aliphatic rings. The molecule has 0 radical (unpaired) electrons. The second-order valence-corrected chi connectivity index (χ2v) is 7.83. The highest BCUT2D eigenvalue weighted by Gasteiger charge is 2.53. The van der Waals surface area contributed by atoms with Gasteiger partial charge in [0, 0.05) is 25.6 Å². The van der Waals surface area contributed by atoms with E-state index in [9.17, 15) is 9.59 Å². The Morgan fingerprint density at radius 1 is 1.29 bits per heavy atom. The second-order valence-electron chi connectivity index (χ2n) is 7.83. The number of nitrogens with one attached hydrogen (secondary N) is 1. The molecule has 2 aliphatic heterocycles. The zero-order chi connectivity index (χ0) is 17.4.